The highest BCUT2D eigenvalue weighted by Crippen LogP contribution is 2.30. The second-order valence-electron chi connectivity index (χ2n) is 5.78. The number of nitrogens with one attached hydrogen (secondary N) is 1. The van der Waals surface area contributed by atoms with Gasteiger partial charge in [0.05, 0.1) is 12.9 Å². The first kappa shape index (κ1) is 20.0. The van der Waals surface area contributed by atoms with Gasteiger partial charge in [0.2, 0.25) is 5.91 Å². The zero-order chi connectivity index (χ0) is 19.1. The van der Waals surface area contributed by atoms with Crippen LogP contribution < -0.4 is 14.8 Å². The molecule has 0 bridgehead atoms. The lowest BCUT2D eigenvalue weighted by Gasteiger charge is -2.11. The Bertz CT molecular complexity index is 748. The molecular formula is C19H21F2NO3S. The summed E-state index contributed by atoms with van der Waals surface area (Å²) in [6.07, 6.45) is 0. The number of methoxy groups -OCH3 is 1. The number of hydrogen-bond donors (Lipinski definition) is 1. The summed E-state index contributed by atoms with van der Waals surface area (Å²) in [5.74, 6) is 0.965. The van der Waals surface area contributed by atoms with E-state index in [0.717, 1.165) is 22.4 Å². The van der Waals surface area contributed by atoms with Crippen LogP contribution in [0.1, 0.15) is 16.7 Å². The normalized spacial score (nSPS) is 10.7. The Labute approximate surface area is 155 Å². The summed E-state index contributed by atoms with van der Waals surface area (Å²) in [6, 6.07) is 10.6. The van der Waals surface area contributed by atoms with Gasteiger partial charge in [-0.15, -0.1) is 11.8 Å². The first-order valence-electron chi connectivity index (χ1n) is 7.95. The highest BCUT2D eigenvalue weighted by atomic mass is 32.2. The summed E-state index contributed by atoms with van der Waals surface area (Å²) in [4.78, 5) is 12.1. The second-order valence-corrected chi connectivity index (χ2v) is 6.77. The van der Waals surface area contributed by atoms with E-state index in [-0.39, 0.29) is 23.2 Å². The molecular weight excluding hydrogens is 360 g/mol. The predicted molar refractivity (Wildman–Crippen MR) is 100 cm³/mol. The summed E-state index contributed by atoms with van der Waals surface area (Å²) in [5.41, 5.74) is 3.81. The monoisotopic (exact) mass is 381 g/mol. The molecule has 0 unspecified atom stereocenters. The van der Waals surface area contributed by atoms with Gasteiger partial charge < -0.3 is 14.8 Å². The SMILES string of the molecule is COc1cc(CSCC(=O)Nc2cc(C)cc(C)c2)ccc1OC(F)F. The van der Waals surface area contributed by atoms with Crippen LogP contribution in [-0.2, 0) is 10.5 Å². The third-order valence-electron chi connectivity index (χ3n) is 3.45. The van der Waals surface area contributed by atoms with Gasteiger partial charge in [-0.25, -0.2) is 0 Å². The molecule has 0 heterocycles. The van der Waals surface area contributed by atoms with Crippen molar-refractivity contribution in [3.63, 3.8) is 0 Å². The van der Waals surface area contributed by atoms with Gasteiger partial charge >= 0.3 is 6.61 Å². The Morgan fingerprint density at radius 2 is 1.81 bits per heavy atom. The lowest BCUT2D eigenvalue weighted by atomic mass is 10.1. The van der Waals surface area contributed by atoms with Crippen molar-refractivity contribution < 1.29 is 23.0 Å². The lowest BCUT2D eigenvalue weighted by Crippen LogP contribution is -2.14. The van der Waals surface area contributed by atoms with Crippen LogP contribution in [0, 0.1) is 13.8 Å². The fraction of sp³-hybridized carbons (Fsp3) is 0.316. The van der Waals surface area contributed by atoms with Crippen molar-refractivity contribution in [3.8, 4) is 11.5 Å². The van der Waals surface area contributed by atoms with Crippen molar-refractivity contribution in [1.29, 1.82) is 0 Å². The molecule has 1 amide bonds. The van der Waals surface area contributed by atoms with E-state index in [4.69, 9.17) is 4.74 Å². The molecule has 26 heavy (non-hydrogen) atoms. The third-order valence-corrected chi connectivity index (χ3v) is 4.46. The number of ether oxygens (including phenoxy) is 2. The van der Waals surface area contributed by atoms with Crippen LogP contribution in [0.25, 0.3) is 0 Å². The summed E-state index contributed by atoms with van der Waals surface area (Å²) >= 11 is 1.42. The van der Waals surface area contributed by atoms with Crippen molar-refractivity contribution >= 4 is 23.4 Å². The number of carbonyl (C=O) groups is 1. The van der Waals surface area contributed by atoms with Gasteiger partial charge in [-0.05, 0) is 54.8 Å². The standard InChI is InChI=1S/C19H21F2NO3S/c1-12-6-13(2)8-15(7-12)22-18(23)11-26-10-14-4-5-16(25-19(20)21)17(9-14)24-3/h4-9,19H,10-11H2,1-3H3,(H,22,23). The fourth-order valence-corrected chi connectivity index (χ4v) is 3.28. The van der Waals surface area contributed by atoms with Crippen molar-refractivity contribution in [3.05, 3.63) is 53.1 Å². The van der Waals surface area contributed by atoms with Crippen LogP contribution in [0.15, 0.2) is 36.4 Å². The zero-order valence-electron chi connectivity index (χ0n) is 14.8. The molecule has 0 aliphatic heterocycles. The Morgan fingerprint density at radius 3 is 2.42 bits per heavy atom. The van der Waals surface area contributed by atoms with Crippen molar-refractivity contribution in [2.75, 3.05) is 18.2 Å². The van der Waals surface area contributed by atoms with Gasteiger partial charge in [0.15, 0.2) is 11.5 Å². The summed E-state index contributed by atoms with van der Waals surface area (Å²) < 4.78 is 34.1. The van der Waals surface area contributed by atoms with Gasteiger partial charge in [-0.1, -0.05) is 12.1 Å². The zero-order valence-corrected chi connectivity index (χ0v) is 15.7. The van der Waals surface area contributed by atoms with E-state index in [1.165, 1.54) is 24.9 Å². The minimum Gasteiger partial charge on any atom is -0.493 e. The fourth-order valence-electron chi connectivity index (χ4n) is 2.50. The van der Waals surface area contributed by atoms with Gasteiger partial charge in [0, 0.05) is 11.4 Å². The molecule has 0 spiro atoms. The molecule has 140 valence electrons. The van der Waals surface area contributed by atoms with Crippen molar-refractivity contribution in [1.82, 2.24) is 0 Å². The molecule has 2 aromatic carbocycles. The molecule has 0 aliphatic carbocycles. The van der Waals surface area contributed by atoms with Crippen LogP contribution in [0.4, 0.5) is 14.5 Å². The number of aryl methyl sites for hydroxylation is 2. The molecule has 0 aliphatic rings. The summed E-state index contributed by atoms with van der Waals surface area (Å²) in [6.45, 7) is 1.05. The molecule has 4 nitrogen and oxygen atoms in total. The largest absolute Gasteiger partial charge is 0.493 e. The molecule has 0 atom stereocenters. The van der Waals surface area contributed by atoms with Crippen LogP contribution >= 0.6 is 11.8 Å². The van der Waals surface area contributed by atoms with Crippen LogP contribution in [-0.4, -0.2) is 25.4 Å². The topological polar surface area (TPSA) is 47.6 Å². The molecule has 0 saturated heterocycles. The van der Waals surface area contributed by atoms with E-state index >= 15 is 0 Å². The maximum atomic E-state index is 12.3. The minimum atomic E-state index is -2.90. The van der Waals surface area contributed by atoms with Gasteiger partial charge in [0.1, 0.15) is 0 Å². The molecule has 2 aromatic rings. The van der Waals surface area contributed by atoms with E-state index in [1.54, 1.807) is 12.1 Å². The van der Waals surface area contributed by atoms with Crippen LogP contribution in [0.2, 0.25) is 0 Å². The average molecular weight is 381 g/mol. The smallest absolute Gasteiger partial charge is 0.387 e. The highest BCUT2D eigenvalue weighted by molar-refractivity contribution is 7.99. The Morgan fingerprint density at radius 1 is 1.12 bits per heavy atom. The molecule has 2 rings (SSSR count). The van der Waals surface area contributed by atoms with Crippen LogP contribution in [0.5, 0.6) is 11.5 Å². The Balaban J connectivity index is 1.87. The van der Waals surface area contributed by atoms with Crippen molar-refractivity contribution in [2.24, 2.45) is 0 Å². The number of anilines is 1. The van der Waals surface area contributed by atoms with E-state index in [1.807, 2.05) is 32.0 Å². The lowest BCUT2D eigenvalue weighted by molar-refractivity contribution is -0.113. The van der Waals surface area contributed by atoms with Gasteiger partial charge in [-0.3, -0.25) is 4.79 Å². The number of carbonyl (C=O) groups excluding carboxylic acids is 1. The van der Waals surface area contributed by atoms with E-state index < -0.39 is 6.61 Å². The molecule has 0 aromatic heterocycles. The minimum absolute atomic E-state index is 0.0104. The first-order chi connectivity index (χ1) is 12.4. The highest BCUT2D eigenvalue weighted by Gasteiger charge is 2.11. The maximum absolute atomic E-state index is 12.3. The van der Waals surface area contributed by atoms with Crippen LogP contribution in [0.3, 0.4) is 0 Å². The number of thioether (sulfide) groups is 1. The first-order valence-corrected chi connectivity index (χ1v) is 9.10. The number of benzene rings is 2. The number of alkyl halides is 2. The van der Waals surface area contributed by atoms with E-state index in [0.29, 0.717) is 5.75 Å². The van der Waals surface area contributed by atoms with E-state index in [2.05, 4.69) is 10.1 Å². The summed E-state index contributed by atoms with van der Waals surface area (Å²) in [7, 11) is 1.39. The molecule has 0 saturated carbocycles. The molecule has 1 N–H and O–H groups in total. The Kier molecular flexibility index (Phi) is 7.26. The predicted octanol–water partition coefficient (Wildman–Crippen LogP) is 4.79. The molecule has 0 fully saturated rings. The third kappa shape index (κ3) is 6.22. The average Bonchev–Trinajstić information content (AvgIpc) is 2.54. The number of hydrogen-bond acceptors (Lipinski definition) is 4. The molecule has 0 radical (unpaired) electrons. The number of rotatable bonds is 8. The Hall–Kier alpha value is -2.28. The van der Waals surface area contributed by atoms with E-state index in [9.17, 15) is 13.6 Å². The van der Waals surface area contributed by atoms with Gasteiger partial charge in [-0.2, -0.15) is 8.78 Å². The number of amides is 1. The number of halogens is 2. The van der Waals surface area contributed by atoms with Gasteiger partial charge in [0.25, 0.3) is 0 Å². The maximum Gasteiger partial charge on any atom is 0.387 e. The summed E-state index contributed by atoms with van der Waals surface area (Å²) in [5, 5.41) is 2.88. The quantitative estimate of drug-likeness (QED) is 0.715. The molecule has 7 heteroatoms. The van der Waals surface area contributed by atoms with Crippen molar-refractivity contribution in [2.45, 2.75) is 26.2 Å². The second kappa shape index (κ2) is 9.43.